The van der Waals surface area contributed by atoms with E-state index in [0.717, 1.165) is 11.6 Å². The summed E-state index contributed by atoms with van der Waals surface area (Å²) in [6.07, 6.45) is -3.77. The predicted octanol–water partition coefficient (Wildman–Crippen LogP) is 3.76. The highest BCUT2D eigenvalue weighted by molar-refractivity contribution is 5.83. The van der Waals surface area contributed by atoms with Gasteiger partial charge in [-0.2, -0.15) is 13.2 Å². The van der Waals surface area contributed by atoms with Crippen molar-refractivity contribution in [2.75, 3.05) is 13.1 Å². The highest BCUT2D eigenvalue weighted by Gasteiger charge is 2.48. The lowest BCUT2D eigenvalue weighted by Crippen LogP contribution is -2.33. The number of likely N-dealkylation sites (tertiary alicyclic amines) is 1. The summed E-state index contributed by atoms with van der Waals surface area (Å²) < 4.78 is 38.7. The van der Waals surface area contributed by atoms with Crippen molar-refractivity contribution in [1.82, 2.24) is 4.90 Å². The smallest absolute Gasteiger partial charge is 0.340 e. The van der Waals surface area contributed by atoms with Gasteiger partial charge in [-0.05, 0) is 29.5 Å². The Morgan fingerprint density at radius 2 is 1.67 bits per heavy atom. The zero-order chi connectivity index (χ0) is 19.2. The minimum atomic E-state index is -4.37. The number of hydrogen-bond donors (Lipinski definition) is 1. The molecule has 1 heterocycles. The van der Waals surface area contributed by atoms with E-state index in [-0.39, 0.29) is 29.7 Å². The molecule has 27 heavy (non-hydrogen) atoms. The maximum Gasteiger partial charge on any atom is 0.416 e. The zero-order valence-corrected chi connectivity index (χ0v) is 14.7. The Bertz CT molecular complexity index is 837. The number of carbonyl (C=O) groups is 1. The van der Waals surface area contributed by atoms with Crippen LogP contribution in [0.5, 0.6) is 0 Å². The van der Waals surface area contributed by atoms with Crippen LogP contribution in [-0.2, 0) is 11.0 Å². The summed E-state index contributed by atoms with van der Waals surface area (Å²) in [5.74, 6) is -0.269. The van der Waals surface area contributed by atoms with Gasteiger partial charge in [-0.25, -0.2) is 0 Å². The Morgan fingerprint density at radius 3 is 2.37 bits per heavy atom. The number of carbonyl (C=O) groups excluding carboxylic acids is 1. The largest absolute Gasteiger partial charge is 0.416 e. The van der Waals surface area contributed by atoms with E-state index in [0.29, 0.717) is 25.1 Å². The molecule has 1 saturated heterocycles. The average molecular weight is 374 g/mol. The molecule has 1 aliphatic heterocycles. The van der Waals surface area contributed by atoms with Crippen LogP contribution in [0.4, 0.5) is 13.2 Å². The van der Waals surface area contributed by atoms with E-state index in [4.69, 9.17) is 5.73 Å². The van der Waals surface area contributed by atoms with E-state index >= 15 is 0 Å². The Balaban J connectivity index is 1.44. The van der Waals surface area contributed by atoms with Crippen molar-refractivity contribution in [2.24, 2.45) is 11.7 Å². The van der Waals surface area contributed by atoms with Crippen molar-refractivity contribution in [3.05, 3.63) is 71.3 Å². The Labute approximate surface area is 156 Å². The molecule has 4 atom stereocenters. The van der Waals surface area contributed by atoms with Crippen LogP contribution in [-0.4, -0.2) is 29.9 Å². The molecule has 2 aromatic rings. The maximum absolute atomic E-state index is 12.9. The minimum Gasteiger partial charge on any atom is -0.340 e. The van der Waals surface area contributed by atoms with E-state index in [2.05, 4.69) is 0 Å². The van der Waals surface area contributed by atoms with Crippen LogP contribution < -0.4 is 5.73 Å². The van der Waals surface area contributed by atoms with Crippen molar-refractivity contribution in [2.45, 2.75) is 30.5 Å². The van der Waals surface area contributed by atoms with Crippen LogP contribution >= 0.6 is 0 Å². The number of alkyl halides is 3. The molecule has 1 saturated carbocycles. The lowest BCUT2D eigenvalue weighted by molar-refractivity contribution is -0.137. The number of nitrogens with zero attached hydrogens (tertiary/aromatic N) is 1. The van der Waals surface area contributed by atoms with Crippen LogP contribution in [0.2, 0.25) is 0 Å². The summed E-state index contributed by atoms with van der Waals surface area (Å²) in [4.78, 5) is 14.6. The van der Waals surface area contributed by atoms with E-state index in [1.807, 2.05) is 30.3 Å². The standard InChI is InChI=1S/C21H21F3N2O/c22-21(23,24)15-8-4-7-14(9-15)16-10-17(16)20(27)26-11-18(19(25)12-26)13-5-2-1-3-6-13/h1-9,16-19H,10-12,25H2/t16?,17?,18-,19+/m0/s1. The van der Waals surface area contributed by atoms with Crippen LogP contribution in [0.25, 0.3) is 0 Å². The molecule has 3 nitrogen and oxygen atoms in total. The zero-order valence-electron chi connectivity index (χ0n) is 14.7. The summed E-state index contributed by atoms with van der Waals surface area (Å²) in [7, 11) is 0. The number of halogens is 3. The van der Waals surface area contributed by atoms with Crippen molar-refractivity contribution >= 4 is 5.91 Å². The number of benzene rings is 2. The van der Waals surface area contributed by atoms with Gasteiger partial charge in [-0.3, -0.25) is 4.79 Å². The molecule has 2 fully saturated rings. The normalized spacial score (nSPS) is 27.6. The van der Waals surface area contributed by atoms with Crippen molar-refractivity contribution in [3.63, 3.8) is 0 Å². The SMILES string of the molecule is N[C@@H]1CN(C(=O)C2CC2c2cccc(C(F)(F)F)c2)C[C@H]1c1ccccc1. The third kappa shape index (κ3) is 3.58. The molecule has 1 aliphatic carbocycles. The average Bonchev–Trinajstić information content (AvgIpc) is 3.36. The lowest BCUT2D eigenvalue weighted by atomic mass is 9.95. The van der Waals surface area contributed by atoms with Gasteiger partial charge < -0.3 is 10.6 Å². The van der Waals surface area contributed by atoms with Gasteiger partial charge in [0.25, 0.3) is 0 Å². The monoisotopic (exact) mass is 374 g/mol. The fourth-order valence-electron chi connectivity index (χ4n) is 4.08. The quantitative estimate of drug-likeness (QED) is 0.889. The van der Waals surface area contributed by atoms with Gasteiger partial charge in [0.05, 0.1) is 5.56 Å². The first-order valence-corrected chi connectivity index (χ1v) is 9.11. The Kier molecular flexibility index (Phi) is 4.46. The first kappa shape index (κ1) is 18.0. The second-order valence-electron chi connectivity index (χ2n) is 7.50. The van der Waals surface area contributed by atoms with Gasteiger partial charge in [0.15, 0.2) is 0 Å². The molecule has 1 amide bonds. The summed E-state index contributed by atoms with van der Waals surface area (Å²) in [6.45, 7) is 1.06. The van der Waals surface area contributed by atoms with E-state index < -0.39 is 11.7 Å². The van der Waals surface area contributed by atoms with Crippen molar-refractivity contribution in [1.29, 1.82) is 0 Å². The number of rotatable bonds is 3. The molecule has 0 radical (unpaired) electrons. The second kappa shape index (κ2) is 6.68. The Hall–Kier alpha value is -2.34. The molecule has 2 aromatic carbocycles. The lowest BCUT2D eigenvalue weighted by Gasteiger charge is -2.17. The van der Waals surface area contributed by atoms with E-state index in [9.17, 15) is 18.0 Å². The molecule has 142 valence electrons. The maximum atomic E-state index is 12.9. The molecule has 6 heteroatoms. The molecular weight excluding hydrogens is 353 g/mol. The van der Waals surface area contributed by atoms with Gasteiger partial charge in [0.2, 0.25) is 5.91 Å². The molecule has 2 N–H and O–H groups in total. The molecule has 2 unspecified atom stereocenters. The summed E-state index contributed by atoms with van der Waals surface area (Å²) in [5.41, 5.74) is 7.30. The first-order valence-electron chi connectivity index (χ1n) is 9.11. The van der Waals surface area contributed by atoms with Crippen molar-refractivity contribution in [3.8, 4) is 0 Å². The van der Waals surface area contributed by atoms with Gasteiger partial charge in [-0.1, -0.05) is 48.5 Å². The molecule has 0 aromatic heterocycles. The highest BCUT2D eigenvalue weighted by atomic mass is 19.4. The molecule has 0 bridgehead atoms. The van der Waals surface area contributed by atoms with Crippen LogP contribution in [0.1, 0.15) is 34.9 Å². The Morgan fingerprint density at radius 1 is 0.963 bits per heavy atom. The van der Waals surface area contributed by atoms with Crippen LogP contribution in [0.15, 0.2) is 54.6 Å². The number of amides is 1. The summed E-state index contributed by atoms with van der Waals surface area (Å²) in [5, 5.41) is 0. The third-order valence-corrected chi connectivity index (χ3v) is 5.65. The van der Waals surface area contributed by atoms with Crippen LogP contribution in [0, 0.1) is 5.92 Å². The van der Waals surface area contributed by atoms with Gasteiger partial charge in [0, 0.05) is 31.0 Å². The number of hydrogen-bond acceptors (Lipinski definition) is 2. The topological polar surface area (TPSA) is 46.3 Å². The first-order chi connectivity index (χ1) is 12.8. The fourth-order valence-corrected chi connectivity index (χ4v) is 4.08. The minimum absolute atomic E-state index is 0.00583. The van der Waals surface area contributed by atoms with Gasteiger partial charge in [0.1, 0.15) is 0 Å². The molecule has 2 aliphatic rings. The van der Waals surface area contributed by atoms with Gasteiger partial charge >= 0.3 is 6.18 Å². The predicted molar refractivity (Wildman–Crippen MR) is 96.0 cm³/mol. The van der Waals surface area contributed by atoms with Gasteiger partial charge in [-0.15, -0.1) is 0 Å². The fraction of sp³-hybridized carbons (Fsp3) is 0.381. The van der Waals surface area contributed by atoms with E-state index in [1.54, 1.807) is 11.0 Å². The summed E-state index contributed by atoms with van der Waals surface area (Å²) in [6, 6.07) is 15.1. The van der Waals surface area contributed by atoms with Crippen molar-refractivity contribution < 1.29 is 18.0 Å². The third-order valence-electron chi connectivity index (χ3n) is 5.65. The highest BCUT2D eigenvalue weighted by Crippen LogP contribution is 2.50. The second-order valence-corrected chi connectivity index (χ2v) is 7.50. The molecule has 0 spiro atoms. The molecule has 4 rings (SSSR count). The molecular formula is C21H21F3N2O. The number of nitrogens with two attached hydrogens (primary N) is 1. The summed E-state index contributed by atoms with van der Waals surface area (Å²) >= 11 is 0. The van der Waals surface area contributed by atoms with Crippen LogP contribution in [0.3, 0.4) is 0 Å². The van der Waals surface area contributed by atoms with E-state index in [1.165, 1.54) is 12.1 Å².